The van der Waals surface area contributed by atoms with Gasteiger partial charge in [-0.15, -0.1) is 0 Å². The number of carbonyl (C=O) groups is 2. The monoisotopic (exact) mass is 259 g/mol. The van der Waals surface area contributed by atoms with Crippen LogP contribution in [0, 0.1) is 0 Å². The zero-order valence-electron chi connectivity index (χ0n) is 11.1. The van der Waals surface area contributed by atoms with Gasteiger partial charge in [-0.2, -0.15) is 0 Å². The molecule has 0 bridgehead atoms. The number of likely N-dealkylation sites (N-methyl/N-ethyl adjacent to an activating group) is 1. The molecule has 1 heterocycles. The summed E-state index contributed by atoms with van der Waals surface area (Å²) in [5.41, 5.74) is 1.94. The number of carbonyl (C=O) groups excluding carboxylic acids is 2. The van der Waals surface area contributed by atoms with Gasteiger partial charge in [0, 0.05) is 31.2 Å². The molecule has 2 N–H and O–H groups in total. The van der Waals surface area contributed by atoms with Crippen LogP contribution < -0.4 is 5.32 Å². The van der Waals surface area contributed by atoms with Gasteiger partial charge in [0.2, 0.25) is 11.8 Å². The SMILES string of the molecule is CN(C)C(=O)CNC(=O)Cc1c[nH]c2ccccc12. The minimum absolute atomic E-state index is 0.0359. The zero-order chi connectivity index (χ0) is 13.8. The van der Waals surface area contributed by atoms with E-state index in [4.69, 9.17) is 0 Å². The predicted octanol–water partition coefficient (Wildman–Crippen LogP) is 0.915. The topological polar surface area (TPSA) is 65.2 Å². The fourth-order valence-electron chi connectivity index (χ4n) is 1.85. The fourth-order valence-corrected chi connectivity index (χ4v) is 1.85. The number of hydrogen-bond donors (Lipinski definition) is 2. The van der Waals surface area contributed by atoms with E-state index in [1.807, 2.05) is 30.5 Å². The highest BCUT2D eigenvalue weighted by Crippen LogP contribution is 2.17. The lowest BCUT2D eigenvalue weighted by Crippen LogP contribution is -2.36. The van der Waals surface area contributed by atoms with Crippen molar-refractivity contribution in [2.24, 2.45) is 0 Å². The minimum Gasteiger partial charge on any atom is -0.361 e. The third-order valence-corrected chi connectivity index (χ3v) is 2.96. The number of para-hydroxylation sites is 1. The molecule has 2 rings (SSSR count). The molecule has 0 fully saturated rings. The van der Waals surface area contributed by atoms with Gasteiger partial charge in [-0.1, -0.05) is 18.2 Å². The van der Waals surface area contributed by atoms with Crippen LogP contribution in [0.15, 0.2) is 30.5 Å². The van der Waals surface area contributed by atoms with E-state index in [-0.39, 0.29) is 24.8 Å². The van der Waals surface area contributed by atoms with Crippen molar-refractivity contribution >= 4 is 22.7 Å². The Morgan fingerprint density at radius 2 is 2.00 bits per heavy atom. The first-order valence-corrected chi connectivity index (χ1v) is 6.10. The molecule has 5 heteroatoms. The van der Waals surface area contributed by atoms with Gasteiger partial charge in [-0.3, -0.25) is 9.59 Å². The molecule has 1 aromatic carbocycles. The Balaban J connectivity index is 1.97. The van der Waals surface area contributed by atoms with E-state index in [9.17, 15) is 9.59 Å². The number of aromatic amines is 1. The summed E-state index contributed by atoms with van der Waals surface area (Å²) in [6.07, 6.45) is 2.10. The minimum atomic E-state index is -0.153. The standard InChI is InChI=1S/C14H17N3O2/c1-17(2)14(19)9-16-13(18)7-10-8-15-12-6-4-3-5-11(10)12/h3-6,8,15H,7,9H2,1-2H3,(H,16,18). The summed E-state index contributed by atoms with van der Waals surface area (Å²) in [6, 6.07) is 7.82. The number of amides is 2. The second-order valence-corrected chi connectivity index (χ2v) is 4.60. The Labute approximate surface area is 111 Å². The van der Waals surface area contributed by atoms with Crippen molar-refractivity contribution < 1.29 is 9.59 Å². The fraction of sp³-hybridized carbons (Fsp3) is 0.286. The number of H-pyrrole nitrogens is 1. The average molecular weight is 259 g/mol. The van der Waals surface area contributed by atoms with Gasteiger partial charge in [0.05, 0.1) is 13.0 Å². The van der Waals surface area contributed by atoms with Crippen LogP contribution in [0.25, 0.3) is 10.9 Å². The van der Waals surface area contributed by atoms with Crippen molar-refractivity contribution in [3.8, 4) is 0 Å². The van der Waals surface area contributed by atoms with E-state index in [0.29, 0.717) is 0 Å². The molecule has 0 saturated heterocycles. The maximum atomic E-state index is 11.8. The summed E-state index contributed by atoms with van der Waals surface area (Å²) in [5, 5.41) is 3.66. The van der Waals surface area contributed by atoms with Crippen LogP contribution in [-0.4, -0.2) is 42.3 Å². The molecular weight excluding hydrogens is 242 g/mol. The lowest BCUT2D eigenvalue weighted by atomic mass is 10.1. The smallest absolute Gasteiger partial charge is 0.241 e. The number of hydrogen-bond acceptors (Lipinski definition) is 2. The van der Waals surface area contributed by atoms with Crippen LogP contribution in [0.5, 0.6) is 0 Å². The summed E-state index contributed by atoms with van der Waals surface area (Å²) < 4.78 is 0. The molecule has 0 saturated carbocycles. The summed E-state index contributed by atoms with van der Waals surface area (Å²) >= 11 is 0. The highest BCUT2D eigenvalue weighted by Gasteiger charge is 2.10. The molecule has 0 aliphatic carbocycles. The molecule has 0 unspecified atom stereocenters. The average Bonchev–Trinajstić information content (AvgIpc) is 2.79. The highest BCUT2D eigenvalue weighted by molar-refractivity contribution is 5.90. The molecule has 100 valence electrons. The lowest BCUT2D eigenvalue weighted by molar-refractivity contribution is -0.130. The maximum absolute atomic E-state index is 11.8. The molecule has 0 aliphatic rings. The summed E-state index contributed by atoms with van der Waals surface area (Å²) in [5.74, 6) is -0.271. The van der Waals surface area contributed by atoms with Crippen LogP contribution in [0.4, 0.5) is 0 Å². The molecule has 1 aromatic heterocycles. The van der Waals surface area contributed by atoms with Crippen LogP contribution >= 0.6 is 0 Å². The van der Waals surface area contributed by atoms with Crippen molar-refractivity contribution in [1.82, 2.24) is 15.2 Å². The molecule has 0 radical (unpaired) electrons. The first-order chi connectivity index (χ1) is 9.08. The van der Waals surface area contributed by atoms with Crippen molar-refractivity contribution in [3.63, 3.8) is 0 Å². The first-order valence-electron chi connectivity index (χ1n) is 6.10. The van der Waals surface area contributed by atoms with Crippen molar-refractivity contribution in [2.45, 2.75) is 6.42 Å². The van der Waals surface area contributed by atoms with Gasteiger partial charge in [0.1, 0.15) is 0 Å². The Bertz CT molecular complexity index is 602. The second-order valence-electron chi connectivity index (χ2n) is 4.60. The summed E-state index contributed by atoms with van der Waals surface area (Å²) in [6.45, 7) is 0.0359. The van der Waals surface area contributed by atoms with Gasteiger partial charge < -0.3 is 15.2 Å². The molecule has 0 spiro atoms. The van der Waals surface area contributed by atoms with Crippen LogP contribution in [0.1, 0.15) is 5.56 Å². The van der Waals surface area contributed by atoms with Crippen LogP contribution in [0.3, 0.4) is 0 Å². The number of fused-ring (bicyclic) bond motifs is 1. The van der Waals surface area contributed by atoms with E-state index in [0.717, 1.165) is 16.5 Å². The maximum Gasteiger partial charge on any atom is 0.241 e. The molecule has 2 aromatic rings. The lowest BCUT2D eigenvalue weighted by Gasteiger charge is -2.10. The third-order valence-electron chi connectivity index (χ3n) is 2.96. The second kappa shape index (κ2) is 5.56. The van der Waals surface area contributed by atoms with Gasteiger partial charge in [-0.25, -0.2) is 0 Å². The third kappa shape index (κ3) is 3.13. The summed E-state index contributed by atoms with van der Waals surface area (Å²) in [7, 11) is 3.32. The highest BCUT2D eigenvalue weighted by atomic mass is 16.2. The molecule has 0 atom stereocenters. The number of rotatable bonds is 4. The van der Waals surface area contributed by atoms with E-state index < -0.39 is 0 Å². The summed E-state index contributed by atoms with van der Waals surface area (Å²) in [4.78, 5) is 27.7. The van der Waals surface area contributed by atoms with Crippen molar-refractivity contribution in [2.75, 3.05) is 20.6 Å². The molecule has 2 amide bonds. The first kappa shape index (κ1) is 13.1. The normalized spacial score (nSPS) is 10.4. The van der Waals surface area contributed by atoms with Gasteiger partial charge in [0.15, 0.2) is 0 Å². The number of nitrogens with one attached hydrogen (secondary N) is 2. The number of nitrogens with zero attached hydrogens (tertiary/aromatic N) is 1. The number of aromatic nitrogens is 1. The van der Waals surface area contributed by atoms with E-state index in [2.05, 4.69) is 10.3 Å². The largest absolute Gasteiger partial charge is 0.361 e. The molecule has 5 nitrogen and oxygen atoms in total. The molecule has 19 heavy (non-hydrogen) atoms. The van der Waals surface area contributed by atoms with Crippen molar-refractivity contribution in [3.05, 3.63) is 36.0 Å². The van der Waals surface area contributed by atoms with Crippen molar-refractivity contribution in [1.29, 1.82) is 0 Å². The molecular formula is C14H17N3O2. The van der Waals surface area contributed by atoms with Crippen LogP contribution in [-0.2, 0) is 16.0 Å². The van der Waals surface area contributed by atoms with Gasteiger partial charge >= 0.3 is 0 Å². The van der Waals surface area contributed by atoms with E-state index >= 15 is 0 Å². The van der Waals surface area contributed by atoms with E-state index in [1.54, 1.807) is 14.1 Å². The van der Waals surface area contributed by atoms with Crippen LogP contribution in [0.2, 0.25) is 0 Å². The van der Waals surface area contributed by atoms with Gasteiger partial charge in [-0.05, 0) is 11.6 Å². The predicted molar refractivity (Wildman–Crippen MR) is 73.7 cm³/mol. The Morgan fingerprint density at radius 1 is 1.26 bits per heavy atom. The van der Waals surface area contributed by atoms with E-state index in [1.165, 1.54) is 4.90 Å². The molecule has 0 aliphatic heterocycles. The Kier molecular flexibility index (Phi) is 3.85. The number of benzene rings is 1. The Morgan fingerprint density at radius 3 is 2.74 bits per heavy atom. The Hall–Kier alpha value is -2.30. The quantitative estimate of drug-likeness (QED) is 0.857. The zero-order valence-corrected chi connectivity index (χ0v) is 11.1. The van der Waals surface area contributed by atoms with Gasteiger partial charge in [0.25, 0.3) is 0 Å².